The SMILES string of the molecule is COCOc1cccc(OCOC)c1-c1c(OC)ccc(OC)c1C[C@H](O)CC(=O)O. The maximum atomic E-state index is 11.1. The van der Waals surface area contributed by atoms with Crippen molar-refractivity contribution in [2.45, 2.75) is 18.9 Å². The van der Waals surface area contributed by atoms with Crippen LogP contribution in [0.15, 0.2) is 30.3 Å². The van der Waals surface area contributed by atoms with Gasteiger partial charge in [-0.15, -0.1) is 0 Å². The summed E-state index contributed by atoms with van der Waals surface area (Å²) in [6, 6.07) is 8.65. The number of carboxylic acid groups (broad SMARTS) is 1. The molecule has 0 unspecified atom stereocenters. The summed E-state index contributed by atoms with van der Waals surface area (Å²) < 4.78 is 32.7. The highest BCUT2D eigenvalue weighted by molar-refractivity contribution is 5.85. The molecule has 0 fully saturated rings. The van der Waals surface area contributed by atoms with Gasteiger partial charge >= 0.3 is 5.97 Å². The van der Waals surface area contributed by atoms with Gasteiger partial charge in [-0.2, -0.15) is 0 Å². The average molecular weight is 436 g/mol. The number of ether oxygens (including phenoxy) is 6. The zero-order chi connectivity index (χ0) is 22.8. The van der Waals surface area contributed by atoms with Crippen molar-refractivity contribution in [2.24, 2.45) is 0 Å². The Balaban J connectivity index is 2.75. The van der Waals surface area contributed by atoms with E-state index >= 15 is 0 Å². The summed E-state index contributed by atoms with van der Waals surface area (Å²) in [6.45, 7) is -0.0199. The highest BCUT2D eigenvalue weighted by Crippen LogP contribution is 2.47. The predicted octanol–water partition coefficient (Wildman–Crippen LogP) is 2.71. The molecule has 2 aromatic carbocycles. The fourth-order valence-electron chi connectivity index (χ4n) is 3.20. The number of aliphatic hydroxyl groups excluding tert-OH is 1. The molecule has 0 aliphatic heterocycles. The van der Waals surface area contributed by atoms with Crippen molar-refractivity contribution in [3.05, 3.63) is 35.9 Å². The number of hydrogen-bond donors (Lipinski definition) is 2. The second-order valence-electron chi connectivity index (χ2n) is 6.51. The van der Waals surface area contributed by atoms with Crippen LogP contribution >= 0.6 is 0 Å². The minimum Gasteiger partial charge on any atom is -0.496 e. The summed E-state index contributed by atoms with van der Waals surface area (Å²) in [5.74, 6) is 0.698. The van der Waals surface area contributed by atoms with Gasteiger partial charge in [0.25, 0.3) is 0 Å². The summed E-state index contributed by atoms with van der Waals surface area (Å²) in [5.41, 5.74) is 1.63. The Morgan fingerprint density at radius 1 is 0.839 bits per heavy atom. The van der Waals surface area contributed by atoms with Crippen LogP contribution in [0.2, 0.25) is 0 Å². The van der Waals surface area contributed by atoms with Crippen molar-refractivity contribution in [1.82, 2.24) is 0 Å². The first-order valence-electron chi connectivity index (χ1n) is 9.47. The maximum absolute atomic E-state index is 11.1. The van der Waals surface area contributed by atoms with Crippen LogP contribution in [0.5, 0.6) is 23.0 Å². The van der Waals surface area contributed by atoms with Crippen LogP contribution in [0, 0.1) is 0 Å². The number of aliphatic carboxylic acids is 1. The van der Waals surface area contributed by atoms with Gasteiger partial charge in [-0.25, -0.2) is 0 Å². The van der Waals surface area contributed by atoms with Crippen LogP contribution < -0.4 is 18.9 Å². The minimum atomic E-state index is -1.15. The van der Waals surface area contributed by atoms with E-state index in [1.165, 1.54) is 28.4 Å². The van der Waals surface area contributed by atoms with Gasteiger partial charge in [0.05, 0.1) is 32.3 Å². The fourth-order valence-corrected chi connectivity index (χ4v) is 3.20. The monoisotopic (exact) mass is 436 g/mol. The summed E-state index contributed by atoms with van der Waals surface area (Å²) in [4.78, 5) is 11.1. The fraction of sp³-hybridized carbons (Fsp3) is 0.409. The standard InChI is InChI=1S/C22H28O9/c1-26-12-30-18-6-5-7-19(31-13-27-2)22(18)21-15(10-14(23)11-20(24)25)16(28-3)8-9-17(21)29-4/h5-9,14,23H,10-13H2,1-4H3,(H,24,25)/t14-/m0/s1. The summed E-state index contributed by atoms with van der Waals surface area (Å²) >= 11 is 0. The third kappa shape index (κ3) is 6.24. The Kier molecular flexibility index (Phi) is 9.39. The minimum absolute atomic E-state index is 0.00430. The number of carboxylic acids is 1. The van der Waals surface area contributed by atoms with Crippen LogP contribution in [0.3, 0.4) is 0 Å². The smallest absolute Gasteiger partial charge is 0.305 e. The number of methoxy groups -OCH3 is 4. The largest absolute Gasteiger partial charge is 0.496 e. The van der Waals surface area contributed by atoms with Gasteiger partial charge in [0.2, 0.25) is 0 Å². The molecule has 0 aliphatic rings. The molecule has 170 valence electrons. The number of aliphatic hydroxyl groups is 1. The average Bonchev–Trinajstić information content (AvgIpc) is 2.75. The van der Waals surface area contributed by atoms with Gasteiger partial charge in [-0.1, -0.05) is 6.07 Å². The van der Waals surface area contributed by atoms with E-state index in [0.717, 1.165) is 0 Å². The molecule has 1 atom stereocenters. The van der Waals surface area contributed by atoms with E-state index in [4.69, 9.17) is 33.5 Å². The highest BCUT2D eigenvalue weighted by atomic mass is 16.7. The van der Waals surface area contributed by atoms with Gasteiger partial charge in [0, 0.05) is 31.8 Å². The number of benzene rings is 2. The molecule has 0 radical (unpaired) electrons. The van der Waals surface area contributed by atoms with Crippen molar-refractivity contribution in [3.8, 4) is 34.1 Å². The van der Waals surface area contributed by atoms with Crippen molar-refractivity contribution in [3.63, 3.8) is 0 Å². The van der Waals surface area contributed by atoms with Gasteiger partial charge in [-0.05, 0) is 24.3 Å². The Labute approximate surface area is 181 Å². The second-order valence-corrected chi connectivity index (χ2v) is 6.51. The van der Waals surface area contributed by atoms with Crippen LogP contribution in [-0.4, -0.2) is 64.3 Å². The topological polar surface area (TPSA) is 113 Å². The lowest BCUT2D eigenvalue weighted by atomic mass is 9.92. The maximum Gasteiger partial charge on any atom is 0.305 e. The molecule has 2 N–H and O–H groups in total. The van der Waals surface area contributed by atoms with E-state index in [-0.39, 0.29) is 20.0 Å². The van der Waals surface area contributed by atoms with E-state index in [1.807, 2.05) is 0 Å². The normalized spacial score (nSPS) is 11.6. The Morgan fingerprint density at radius 2 is 1.39 bits per heavy atom. The molecule has 0 bridgehead atoms. The van der Waals surface area contributed by atoms with Crippen molar-refractivity contribution in [1.29, 1.82) is 0 Å². The molecule has 2 rings (SSSR count). The van der Waals surface area contributed by atoms with Gasteiger partial charge in [0.15, 0.2) is 13.6 Å². The zero-order valence-electron chi connectivity index (χ0n) is 18.0. The van der Waals surface area contributed by atoms with Crippen molar-refractivity contribution < 1.29 is 43.4 Å². The van der Waals surface area contributed by atoms with Gasteiger partial charge in [0.1, 0.15) is 23.0 Å². The third-order valence-corrected chi connectivity index (χ3v) is 4.42. The Bertz CT molecular complexity index is 840. The Hall–Kier alpha value is -3.01. The van der Waals surface area contributed by atoms with E-state index in [1.54, 1.807) is 30.3 Å². The molecule has 0 amide bonds. The van der Waals surface area contributed by atoms with Crippen LogP contribution in [0.1, 0.15) is 12.0 Å². The zero-order valence-corrected chi connectivity index (χ0v) is 18.0. The number of hydrogen-bond acceptors (Lipinski definition) is 8. The van der Waals surface area contributed by atoms with Gasteiger partial charge < -0.3 is 38.6 Å². The lowest BCUT2D eigenvalue weighted by Gasteiger charge is -2.23. The first-order valence-corrected chi connectivity index (χ1v) is 9.47. The molecule has 0 aliphatic carbocycles. The van der Waals surface area contributed by atoms with Crippen molar-refractivity contribution in [2.75, 3.05) is 42.0 Å². The second kappa shape index (κ2) is 12.0. The van der Waals surface area contributed by atoms with E-state index < -0.39 is 18.5 Å². The van der Waals surface area contributed by atoms with Gasteiger partial charge in [-0.3, -0.25) is 4.79 Å². The van der Waals surface area contributed by atoms with Crippen molar-refractivity contribution >= 4 is 5.97 Å². The molecule has 9 heteroatoms. The first kappa shape index (κ1) is 24.3. The molecular weight excluding hydrogens is 408 g/mol. The highest BCUT2D eigenvalue weighted by Gasteiger charge is 2.26. The van der Waals surface area contributed by atoms with Crippen LogP contribution in [0.25, 0.3) is 11.1 Å². The summed E-state index contributed by atoms with van der Waals surface area (Å²) in [5, 5.41) is 19.4. The third-order valence-electron chi connectivity index (χ3n) is 4.42. The number of rotatable bonds is 13. The quantitative estimate of drug-likeness (QED) is 0.458. The molecule has 9 nitrogen and oxygen atoms in total. The molecule has 2 aromatic rings. The van der Waals surface area contributed by atoms with E-state index in [0.29, 0.717) is 39.7 Å². The number of carbonyl (C=O) groups is 1. The first-order chi connectivity index (χ1) is 15.0. The van der Waals surface area contributed by atoms with E-state index in [2.05, 4.69) is 0 Å². The lowest BCUT2D eigenvalue weighted by molar-refractivity contribution is -0.139. The lowest BCUT2D eigenvalue weighted by Crippen LogP contribution is -2.17. The Morgan fingerprint density at radius 3 is 1.87 bits per heavy atom. The molecule has 0 saturated heterocycles. The molecule has 31 heavy (non-hydrogen) atoms. The molecular formula is C22H28O9. The van der Waals surface area contributed by atoms with Crippen LogP contribution in [0.4, 0.5) is 0 Å². The predicted molar refractivity (Wildman–Crippen MR) is 112 cm³/mol. The van der Waals surface area contributed by atoms with Crippen LogP contribution in [-0.2, 0) is 20.7 Å². The van der Waals surface area contributed by atoms with E-state index in [9.17, 15) is 9.90 Å². The molecule has 0 heterocycles. The summed E-state index contributed by atoms with van der Waals surface area (Å²) in [6.07, 6.45) is -1.56. The molecule has 0 aromatic heterocycles. The molecule has 0 spiro atoms. The summed E-state index contributed by atoms with van der Waals surface area (Å²) in [7, 11) is 6.01. The molecule has 0 saturated carbocycles.